The van der Waals surface area contributed by atoms with Crippen LogP contribution in [-0.2, 0) is 7.05 Å². The molecule has 2 aromatic heterocycles. The standard InChI is InChI=1S/C6H5BrN4O2/c1-11-2-3(7)4(10-11)5-8-9-6(12)13-5/h2H,1H3,(H,9,12). The molecule has 0 bridgehead atoms. The summed E-state index contributed by atoms with van der Waals surface area (Å²) >= 11 is 3.26. The maximum absolute atomic E-state index is 10.6. The van der Waals surface area contributed by atoms with E-state index >= 15 is 0 Å². The van der Waals surface area contributed by atoms with E-state index in [1.807, 2.05) is 0 Å². The number of aryl methyl sites for hydroxylation is 1. The monoisotopic (exact) mass is 244 g/mol. The van der Waals surface area contributed by atoms with Gasteiger partial charge in [-0.3, -0.25) is 4.68 Å². The van der Waals surface area contributed by atoms with Crippen molar-refractivity contribution in [3.8, 4) is 11.6 Å². The van der Waals surface area contributed by atoms with Gasteiger partial charge in [-0.1, -0.05) is 0 Å². The van der Waals surface area contributed by atoms with Crippen LogP contribution in [0.25, 0.3) is 11.6 Å². The third-order valence-corrected chi connectivity index (χ3v) is 2.01. The summed E-state index contributed by atoms with van der Waals surface area (Å²) in [6.07, 6.45) is 1.74. The van der Waals surface area contributed by atoms with Crippen molar-refractivity contribution in [2.45, 2.75) is 0 Å². The molecule has 0 saturated carbocycles. The van der Waals surface area contributed by atoms with Crippen molar-refractivity contribution >= 4 is 15.9 Å². The number of nitrogens with one attached hydrogen (secondary N) is 1. The van der Waals surface area contributed by atoms with Crippen LogP contribution in [0.3, 0.4) is 0 Å². The van der Waals surface area contributed by atoms with Crippen LogP contribution < -0.4 is 5.76 Å². The summed E-state index contributed by atoms with van der Waals surface area (Å²) in [5.41, 5.74) is 0.501. The van der Waals surface area contributed by atoms with Gasteiger partial charge in [-0.2, -0.15) is 5.10 Å². The van der Waals surface area contributed by atoms with Gasteiger partial charge >= 0.3 is 5.76 Å². The second-order valence-corrected chi connectivity index (χ2v) is 3.27. The molecule has 13 heavy (non-hydrogen) atoms. The smallest absolute Gasteiger partial charge is 0.386 e. The Kier molecular flexibility index (Phi) is 1.80. The van der Waals surface area contributed by atoms with Gasteiger partial charge in [0.2, 0.25) is 0 Å². The van der Waals surface area contributed by atoms with Gasteiger partial charge < -0.3 is 4.42 Å². The van der Waals surface area contributed by atoms with Crippen LogP contribution in [0, 0.1) is 0 Å². The second-order valence-electron chi connectivity index (χ2n) is 2.42. The summed E-state index contributed by atoms with van der Waals surface area (Å²) in [5, 5.41) is 9.86. The van der Waals surface area contributed by atoms with Crippen LogP contribution >= 0.6 is 15.9 Å². The number of H-pyrrole nitrogens is 1. The minimum atomic E-state index is -0.590. The third-order valence-electron chi connectivity index (χ3n) is 1.42. The van der Waals surface area contributed by atoms with E-state index < -0.39 is 5.76 Å². The average molecular weight is 245 g/mol. The van der Waals surface area contributed by atoms with E-state index in [0.29, 0.717) is 5.69 Å². The molecule has 0 aliphatic rings. The third kappa shape index (κ3) is 1.42. The molecule has 68 valence electrons. The molecule has 2 heterocycles. The maximum atomic E-state index is 10.6. The van der Waals surface area contributed by atoms with Gasteiger partial charge in [0.1, 0.15) is 0 Å². The summed E-state index contributed by atoms with van der Waals surface area (Å²) in [5.74, 6) is -0.412. The number of rotatable bonds is 1. The van der Waals surface area contributed by atoms with Gasteiger partial charge in [-0.05, 0) is 15.9 Å². The van der Waals surface area contributed by atoms with E-state index in [9.17, 15) is 4.79 Å². The zero-order valence-electron chi connectivity index (χ0n) is 6.61. The molecule has 0 radical (unpaired) electrons. The van der Waals surface area contributed by atoms with Crippen molar-refractivity contribution in [2.75, 3.05) is 0 Å². The Bertz CT molecular complexity index is 483. The zero-order valence-corrected chi connectivity index (χ0v) is 8.20. The van der Waals surface area contributed by atoms with E-state index in [1.165, 1.54) is 0 Å². The molecule has 0 fully saturated rings. The number of nitrogens with zero attached hydrogens (tertiary/aromatic N) is 3. The molecule has 0 unspecified atom stereocenters. The molecule has 0 aromatic carbocycles. The first-order chi connectivity index (χ1) is 6.16. The molecule has 0 atom stereocenters. The molecule has 0 aliphatic carbocycles. The largest absolute Gasteiger partial charge is 0.434 e. The van der Waals surface area contributed by atoms with Crippen LogP contribution in [-0.4, -0.2) is 20.0 Å². The van der Waals surface area contributed by atoms with E-state index in [4.69, 9.17) is 4.42 Å². The minimum Gasteiger partial charge on any atom is -0.386 e. The van der Waals surface area contributed by atoms with Crippen molar-refractivity contribution in [3.63, 3.8) is 0 Å². The normalized spacial score (nSPS) is 10.6. The average Bonchev–Trinajstić information content (AvgIpc) is 2.58. The van der Waals surface area contributed by atoms with Crippen LogP contribution in [0.4, 0.5) is 0 Å². The molecule has 0 spiro atoms. The Labute approximate surface area is 80.7 Å². The van der Waals surface area contributed by atoms with E-state index in [-0.39, 0.29) is 5.89 Å². The summed E-state index contributed by atoms with van der Waals surface area (Å²) in [6, 6.07) is 0. The Morgan fingerprint density at radius 3 is 2.92 bits per heavy atom. The number of hydrogen-bond donors (Lipinski definition) is 1. The quantitative estimate of drug-likeness (QED) is 0.794. The molecule has 2 rings (SSSR count). The zero-order chi connectivity index (χ0) is 9.42. The first-order valence-electron chi connectivity index (χ1n) is 3.42. The lowest BCUT2D eigenvalue weighted by Crippen LogP contribution is -1.93. The first-order valence-corrected chi connectivity index (χ1v) is 4.21. The fourth-order valence-corrected chi connectivity index (χ4v) is 1.48. The van der Waals surface area contributed by atoms with Crippen molar-refractivity contribution in [2.24, 2.45) is 7.05 Å². The molecule has 2 aromatic rings. The van der Waals surface area contributed by atoms with E-state index in [0.717, 1.165) is 4.47 Å². The highest BCUT2D eigenvalue weighted by molar-refractivity contribution is 9.10. The molecule has 0 amide bonds. The van der Waals surface area contributed by atoms with Crippen LogP contribution in [0.1, 0.15) is 0 Å². The number of hydrogen-bond acceptors (Lipinski definition) is 4. The molecule has 6 nitrogen and oxygen atoms in total. The van der Waals surface area contributed by atoms with Gasteiger partial charge in [0.15, 0.2) is 5.69 Å². The van der Waals surface area contributed by atoms with Crippen LogP contribution in [0.5, 0.6) is 0 Å². The molecule has 0 saturated heterocycles. The van der Waals surface area contributed by atoms with Gasteiger partial charge in [-0.15, -0.1) is 5.10 Å². The van der Waals surface area contributed by atoms with Crippen molar-refractivity contribution in [3.05, 3.63) is 21.2 Å². The Morgan fingerprint density at radius 2 is 2.46 bits per heavy atom. The summed E-state index contributed by atoms with van der Waals surface area (Å²) < 4.78 is 7.05. The van der Waals surface area contributed by atoms with Gasteiger partial charge in [0, 0.05) is 13.2 Å². The number of aromatic nitrogens is 4. The lowest BCUT2D eigenvalue weighted by atomic mass is 10.4. The second kappa shape index (κ2) is 2.84. The summed E-state index contributed by atoms with van der Waals surface area (Å²) in [4.78, 5) is 10.6. The lowest BCUT2D eigenvalue weighted by Gasteiger charge is -1.85. The molecule has 1 N–H and O–H groups in total. The first kappa shape index (κ1) is 8.24. The molecule has 7 heteroatoms. The van der Waals surface area contributed by atoms with Crippen molar-refractivity contribution in [1.82, 2.24) is 20.0 Å². The van der Waals surface area contributed by atoms with Gasteiger partial charge in [-0.25, -0.2) is 9.89 Å². The predicted octanol–water partition coefficient (Wildman–Crippen LogP) is 0.526. The lowest BCUT2D eigenvalue weighted by molar-refractivity contribution is 0.523. The minimum absolute atomic E-state index is 0.178. The van der Waals surface area contributed by atoms with Crippen LogP contribution in [0.2, 0.25) is 0 Å². The number of aromatic amines is 1. The Hall–Kier alpha value is -1.37. The molecule has 0 aliphatic heterocycles. The molecular weight excluding hydrogens is 240 g/mol. The van der Waals surface area contributed by atoms with E-state index in [2.05, 4.69) is 31.2 Å². The maximum Gasteiger partial charge on any atom is 0.434 e. The van der Waals surface area contributed by atoms with Crippen molar-refractivity contribution in [1.29, 1.82) is 0 Å². The highest BCUT2D eigenvalue weighted by atomic mass is 79.9. The Morgan fingerprint density at radius 1 is 1.69 bits per heavy atom. The van der Waals surface area contributed by atoms with E-state index in [1.54, 1.807) is 17.9 Å². The molecular formula is C6H5BrN4O2. The SMILES string of the molecule is Cn1cc(Br)c(-c2n[nH]c(=O)o2)n1. The van der Waals surface area contributed by atoms with Gasteiger partial charge in [0.05, 0.1) is 4.47 Å². The fraction of sp³-hybridized carbons (Fsp3) is 0.167. The van der Waals surface area contributed by atoms with Crippen molar-refractivity contribution < 1.29 is 4.42 Å². The highest BCUT2D eigenvalue weighted by Crippen LogP contribution is 2.23. The highest BCUT2D eigenvalue weighted by Gasteiger charge is 2.13. The fourth-order valence-electron chi connectivity index (χ4n) is 0.936. The Balaban J connectivity index is 2.57. The summed E-state index contributed by atoms with van der Waals surface area (Å²) in [6.45, 7) is 0. The number of halogens is 1. The predicted molar refractivity (Wildman–Crippen MR) is 47.0 cm³/mol. The topological polar surface area (TPSA) is 76.7 Å². The summed E-state index contributed by atoms with van der Waals surface area (Å²) in [7, 11) is 1.76. The van der Waals surface area contributed by atoms with Gasteiger partial charge in [0.25, 0.3) is 5.89 Å². The van der Waals surface area contributed by atoms with Crippen LogP contribution in [0.15, 0.2) is 19.9 Å².